The number of guanidine groups is 1. The molecule has 1 saturated heterocycles. The number of nitrogens with zero attached hydrogens (tertiary/aromatic N) is 3. The van der Waals surface area contributed by atoms with Crippen molar-refractivity contribution in [3.63, 3.8) is 0 Å². The number of nitrogens with one attached hydrogen (secondary N) is 1. The molecule has 150 valence electrons. The summed E-state index contributed by atoms with van der Waals surface area (Å²) in [5.41, 5.74) is 1.90. The zero-order valence-corrected chi connectivity index (χ0v) is 18.2. The monoisotopic (exact) mass is 390 g/mol. The van der Waals surface area contributed by atoms with Gasteiger partial charge in [-0.1, -0.05) is 26.0 Å². The van der Waals surface area contributed by atoms with Gasteiger partial charge in [-0.25, -0.2) is 0 Å². The number of benzene rings is 1. The van der Waals surface area contributed by atoms with E-state index in [9.17, 15) is 4.79 Å². The minimum Gasteiger partial charge on any atom is -0.352 e. The Kier molecular flexibility index (Phi) is 8.48. The highest BCUT2D eigenvalue weighted by Gasteiger charge is 2.24. The van der Waals surface area contributed by atoms with Crippen molar-refractivity contribution in [1.82, 2.24) is 15.1 Å². The Morgan fingerprint density at radius 1 is 1.30 bits per heavy atom. The largest absolute Gasteiger partial charge is 0.352 e. The number of carbonyl (C=O) groups excluding carboxylic acids is 1. The summed E-state index contributed by atoms with van der Waals surface area (Å²) in [6.07, 6.45) is 0. The molecule has 1 N–H and O–H groups in total. The lowest BCUT2D eigenvalue weighted by molar-refractivity contribution is 0.0773. The zero-order chi connectivity index (χ0) is 19.8. The Morgan fingerprint density at radius 3 is 2.52 bits per heavy atom. The topological polar surface area (TPSA) is 47.9 Å². The molecule has 0 radical (unpaired) electrons. The van der Waals surface area contributed by atoms with Crippen molar-refractivity contribution in [2.75, 3.05) is 39.0 Å². The normalized spacial score (nSPS) is 17.9. The summed E-state index contributed by atoms with van der Waals surface area (Å²) in [5, 5.41) is 4.14. The fourth-order valence-corrected chi connectivity index (χ4v) is 4.54. The van der Waals surface area contributed by atoms with E-state index in [-0.39, 0.29) is 5.91 Å². The third kappa shape index (κ3) is 5.89. The molecule has 1 unspecified atom stereocenters. The molecule has 5 nitrogen and oxygen atoms in total. The average Bonchev–Trinajstić information content (AvgIpc) is 2.70. The van der Waals surface area contributed by atoms with Gasteiger partial charge in [0.15, 0.2) is 5.96 Å². The predicted octanol–water partition coefficient (Wildman–Crippen LogP) is 3.32. The molecular formula is C21H34N4OS. The fraction of sp³-hybridized carbons (Fsp3) is 0.619. The van der Waals surface area contributed by atoms with Crippen LogP contribution in [0.4, 0.5) is 0 Å². The summed E-state index contributed by atoms with van der Waals surface area (Å²) in [7, 11) is 1.85. The number of aliphatic imine (C=N–C) groups is 1. The lowest BCUT2D eigenvalue weighted by Crippen LogP contribution is -2.48. The van der Waals surface area contributed by atoms with Crippen molar-refractivity contribution in [1.29, 1.82) is 0 Å². The van der Waals surface area contributed by atoms with Crippen molar-refractivity contribution in [2.45, 2.75) is 39.5 Å². The van der Waals surface area contributed by atoms with Gasteiger partial charge in [0.2, 0.25) is 0 Å². The third-order valence-electron chi connectivity index (χ3n) is 5.05. The number of amides is 1. The molecule has 1 amide bonds. The summed E-state index contributed by atoms with van der Waals surface area (Å²) < 4.78 is 0. The first-order valence-electron chi connectivity index (χ1n) is 9.95. The van der Waals surface area contributed by atoms with E-state index in [1.807, 2.05) is 50.1 Å². The Morgan fingerprint density at radius 2 is 1.96 bits per heavy atom. The van der Waals surface area contributed by atoms with Crippen LogP contribution in [-0.2, 0) is 6.54 Å². The van der Waals surface area contributed by atoms with Crippen LogP contribution in [0.2, 0.25) is 0 Å². The van der Waals surface area contributed by atoms with Gasteiger partial charge in [0, 0.05) is 56.3 Å². The molecule has 0 aliphatic carbocycles. The second-order valence-electron chi connectivity index (χ2n) is 7.17. The molecule has 1 fully saturated rings. The number of hydrogen-bond acceptors (Lipinski definition) is 3. The Balaban J connectivity index is 1.94. The van der Waals surface area contributed by atoms with Gasteiger partial charge in [0.1, 0.15) is 0 Å². The van der Waals surface area contributed by atoms with Gasteiger partial charge < -0.3 is 15.1 Å². The highest BCUT2D eigenvalue weighted by atomic mass is 32.2. The van der Waals surface area contributed by atoms with E-state index < -0.39 is 0 Å². The molecule has 1 atom stereocenters. The van der Waals surface area contributed by atoms with Crippen LogP contribution in [0.25, 0.3) is 0 Å². The van der Waals surface area contributed by atoms with Gasteiger partial charge in [0.25, 0.3) is 5.91 Å². The van der Waals surface area contributed by atoms with Gasteiger partial charge in [-0.2, -0.15) is 11.8 Å². The average molecular weight is 391 g/mol. The molecule has 6 heteroatoms. The van der Waals surface area contributed by atoms with Crippen molar-refractivity contribution in [3.8, 4) is 0 Å². The van der Waals surface area contributed by atoms with E-state index in [0.29, 0.717) is 17.7 Å². The first-order valence-corrected chi connectivity index (χ1v) is 11.0. The predicted molar refractivity (Wildman–Crippen MR) is 117 cm³/mol. The summed E-state index contributed by atoms with van der Waals surface area (Å²) >= 11 is 2.07. The molecule has 1 aliphatic rings. The van der Waals surface area contributed by atoms with Gasteiger partial charge in [0.05, 0.1) is 0 Å². The fourth-order valence-electron chi connectivity index (χ4n) is 3.24. The number of rotatable bonds is 6. The van der Waals surface area contributed by atoms with Crippen LogP contribution in [0.15, 0.2) is 29.3 Å². The summed E-state index contributed by atoms with van der Waals surface area (Å²) in [6.45, 7) is 12.9. The quantitative estimate of drug-likeness (QED) is 0.598. The molecule has 0 bridgehead atoms. The van der Waals surface area contributed by atoms with Gasteiger partial charge in [-0.3, -0.25) is 9.79 Å². The second-order valence-corrected chi connectivity index (χ2v) is 8.52. The molecule has 2 rings (SSSR count). The van der Waals surface area contributed by atoms with Crippen molar-refractivity contribution < 1.29 is 4.79 Å². The van der Waals surface area contributed by atoms with E-state index in [0.717, 1.165) is 49.0 Å². The van der Waals surface area contributed by atoms with Crippen LogP contribution in [0.1, 0.15) is 43.6 Å². The molecule has 0 aromatic heterocycles. The molecule has 0 spiro atoms. The Bertz CT molecular complexity index is 626. The number of carbonyl (C=O) groups is 1. The zero-order valence-electron chi connectivity index (χ0n) is 17.4. The van der Waals surface area contributed by atoms with Crippen LogP contribution in [0.5, 0.6) is 0 Å². The first kappa shape index (κ1) is 21.6. The maximum atomic E-state index is 12.4. The van der Waals surface area contributed by atoms with E-state index in [4.69, 9.17) is 0 Å². The van der Waals surface area contributed by atoms with Crippen LogP contribution in [-0.4, -0.2) is 65.9 Å². The lowest BCUT2D eigenvalue weighted by atomic mass is 10.1. The molecule has 1 aromatic carbocycles. The van der Waals surface area contributed by atoms with Crippen molar-refractivity contribution in [3.05, 3.63) is 35.4 Å². The van der Waals surface area contributed by atoms with E-state index >= 15 is 0 Å². The molecule has 27 heavy (non-hydrogen) atoms. The second kappa shape index (κ2) is 10.6. The smallest absolute Gasteiger partial charge is 0.253 e. The summed E-state index contributed by atoms with van der Waals surface area (Å²) in [4.78, 5) is 21.1. The minimum atomic E-state index is 0.0980. The van der Waals surface area contributed by atoms with Crippen LogP contribution < -0.4 is 5.32 Å². The Labute approximate surface area is 168 Å². The van der Waals surface area contributed by atoms with E-state index in [1.54, 1.807) is 0 Å². The van der Waals surface area contributed by atoms with Crippen molar-refractivity contribution in [2.24, 2.45) is 10.9 Å². The maximum Gasteiger partial charge on any atom is 0.253 e. The van der Waals surface area contributed by atoms with Crippen LogP contribution in [0, 0.1) is 5.92 Å². The SMILES string of the molecule is CCN(CC)C(=O)c1ccc(CNC(=NC)N2CCSC(C(C)C)C2)cc1. The van der Waals surface area contributed by atoms with E-state index in [2.05, 4.69) is 40.8 Å². The third-order valence-corrected chi connectivity index (χ3v) is 6.59. The molecule has 0 saturated carbocycles. The molecular weight excluding hydrogens is 356 g/mol. The van der Waals surface area contributed by atoms with Crippen molar-refractivity contribution >= 4 is 23.6 Å². The number of thioether (sulfide) groups is 1. The van der Waals surface area contributed by atoms with Gasteiger partial charge in [-0.15, -0.1) is 0 Å². The number of hydrogen-bond donors (Lipinski definition) is 1. The van der Waals surface area contributed by atoms with Gasteiger partial charge >= 0.3 is 0 Å². The maximum absolute atomic E-state index is 12.4. The van der Waals surface area contributed by atoms with Gasteiger partial charge in [-0.05, 0) is 37.5 Å². The first-order chi connectivity index (χ1) is 13.0. The highest BCUT2D eigenvalue weighted by Crippen LogP contribution is 2.24. The molecule has 1 aromatic rings. The highest BCUT2D eigenvalue weighted by molar-refractivity contribution is 8.00. The summed E-state index contributed by atoms with van der Waals surface area (Å²) in [5.74, 6) is 2.88. The molecule has 1 aliphatic heterocycles. The summed E-state index contributed by atoms with van der Waals surface area (Å²) in [6, 6.07) is 7.90. The molecule has 1 heterocycles. The van der Waals surface area contributed by atoms with Crippen LogP contribution >= 0.6 is 11.8 Å². The van der Waals surface area contributed by atoms with E-state index in [1.165, 1.54) is 0 Å². The minimum absolute atomic E-state index is 0.0980. The Hall–Kier alpha value is -1.69. The van der Waals surface area contributed by atoms with Crippen LogP contribution in [0.3, 0.4) is 0 Å². The lowest BCUT2D eigenvalue weighted by Gasteiger charge is -2.36. The standard InChI is InChI=1S/C21H34N4OS/c1-6-24(7-2)20(26)18-10-8-17(9-11-18)14-23-21(22-5)25-12-13-27-19(15-25)16(3)4/h8-11,16,19H,6-7,12-15H2,1-5H3,(H,22,23).